The predicted octanol–water partition coefficient (Wildman–Crippen LogP) is 0.720. The van der Waals surface area contributed by atoms with Gasteiger partial charge in [-0.25, -0.2) is 0 Å². The van der Waals surface area contributed by atoms with E-state index < -0.39 is 11.8 Å². The number of Topliss-reactive ketones (excluding diaryl/α,β-unsaturated/α-hetero) is 1. The van der Waals surface area contributed by atoms with Crippen LogP contribution in [0.15, 0.2) is 46.7 Å². The standard InChI is InChI=1S/C15H15N3O4S/c19-11(12-4-3-9-23-12)6-7-13(20)16-17-14(21)10-18-8-2-1-5-15(18)22/h1-5,8-9H,6-7,10H2,(H,16,20)(H,17,21). The Hall–Kier alpha value is -2.74. The zero-order valence-electron chi connectivity index (χ0n) is 12.2. The van der Waals surface area contributed by atoms with Crippen LogP contribution in [0.4, 0.5) is 0 Å². The molecule has 2 aromatic heterocycles. The second kappa shape index (κ2) is 8.04. The Labute approximate surface area is 135 Å². The molecule has 8 heteroatoms. The van der Waals surface area contributed by atoms with E-state index in [2.05, 4.69) is 10.9 Å². The fourth-order valence-electron chi connectivity index (χ4n) is 1.77. The second-order valence-corrected chi connectivity index (χ2v) is 5.61. The summed E-state index contributed by atoms with van der Waals surface area (Å²) >= 11 is 1.32. The molecule has 0 spiro atoms. The van der Waals surface area contributed by atoms with Crippen LogP contribution in [0.3, 0.4) is 0 Å². The predicted molar refractivity (Wildman–Crippen MR) is 84.9 cm³/mol. The molecule has 0 bridgehead atoms. The van der Waals surface area contributed by atoms with E-state index in [0.717, 1.165) is 0 Å². The number of nitrogens with one attached hydrogen (secondary N) is 2. The first-order valence-corrected chi connectivity index (χ1v) is 7.74. The molecule has 120 valence electrons. The normalized spacial score (nSPS) is 10.1. The van der Waals surface area contributed by atoms with Crippen molar-refractivity contribution in [2.75, 3.05) is 0 Å². The molecular formula is C15H15N3O4S. The second-order valence-electron chi connectivity index (χ2n) is 4.66. The first-order chi connectivity index (χ1) is 11.1. The molecule has 0 aliphatic rings. The third-order valence-electron chi connectivity index (χ3n) is 2.93. The Bertz CT molecular complexity index is 752. The van der Waals surface area contributed by atoms with E-state index in [1.807, 2.05) is 0 Å². The minimum atomic E-state index is -0.531. The first-order valence-electron chi connectivity index (χ1n) is 6.86. The van der Waals surface area contributed by atoms with Crippen molar-refractivity contribution in [2.45, 2.75) is 19.4 Å². The van der Waals surface area contributed by atoms with Gasteiger partial charge in [0.2, 0.25) is 5.91 Å². The molecular weight excluding hydrogens is 318 g/mol. The van der Waals surface area contributed by atoms with Gasteiger partial charge >= 0.3 is 0 Å². The molecule has 0 fully saturated rings. The van der Waals surface area contributed by atoms with Crippen molar-refractivity contribution in [2.24, 2.45) is 0 Å². The fourth-order valence-corrected chi connectivity index (χ4v) is 2.47. The van der Waals surface area contributed by atoms with Gasteiger partial charge in [-0.15, -0.1) is 11.3 Å². The topological polar surface area (TPSA) is 97.3 Å². The van der Waals surface area contributed by atoms with Gasteiger partial charge in [0.15, 0.2) is 5.78 Å². The number of ketones is 1. The van der Waals surface area contributed by atoms with Crippen LogP contribution >= 0.6 is 11.3 Å². The summed E-state index contributed by atoms with van der Waals surface area (Å²) in [5.74, 6) is -1.11. The Balaban J connectivity index is 1.72. The summed E-state index contributed by atoms with van der Waals surface area (Å²) in [5, 5.41) is 1.79. The van der Waals surface area contributed by atoms with Gasteiger partial charge in [-0.2, -0.15) is 0 Å². The van der Waals surface area contributed by atoms with Crippen LogP contribution in [0.25, 0.3) is 0 Å². The molecule has 2 heterocycles. The van der Waals surface area contributed by atoms with Crippen molar-refractivity contribution in [1.29, 1.82) is 0 Å². The van der Waals surface area contributed by atoms with Gasteiger partial charge in [0.05, 0.1) is 4.88 Å². The Kier molecular flexibility index (Phi) is 5.81. The molecule has 0 unspecified atom stereocenters. The molecule has 2 N–H and O–H groups in total. The highest BCUT2D eigenvalue weighted by Gasteiger charge is 2.11. The SMILES string of the molecule is O=C(CCC(=O)c1cccs1)NNC(=O)Cn1ccccc1=O. The molecule has 2 aromatic rings. The molecule has 2 rings (SSSR count). The Morgan fingerprint density at radius 2 is 1.78 bits per heavy atom. The van der Waals surface area contributed by atoms with E-state index in [1.54, 1.807) is 29.6 Å². The summed E-state index contributed by atoms with van der Waals surface area (Å²) in [6, 6.07) is 8.00. The number of amides is 2. The highest BCUT2D eigenvalue weighted by Crippen LogP contribution is 2.11. The first kappa shape index (κ1) is 16.6. The summed E-state index contributed by atoms with van der Waals surface area (Å²) in [6.45, 7) is -0.200. The van der Waals surface area contributed by atoms with Crippen molar-refractivity contribution in [1.82, 2.24) is 15.4 Å². The van der Waals surface area contributed by atoms with Gasteiger partial charge in [0.1, 0.15) is 6.54 Å². The molecule has 7 nitrogen and oxygen atoms in total. The minimum absolute atomic E-state index is 0.0255. The maximum absolute atomic E-state index is 11.7. The molecule has 0 aliphatic carbocycles. The minimum Gasteiger partial charge on any atom is -0.306 e. The average Bonchev–Trinajstić information content (AvgIpc) is 3.07. The summed E-state index contributed by atoms with van der Waals surface area (Å²) < 4.78 is 1.21. The zero-order valence-corrected chi connectivity index (χ0v) is 13.0. The third kappa shape index (κ3) is 5.19. The number of carbonyl (C=O) groups is 3. The molecule has 0 saturated carbocycles. The van der Waals surface area contributed by atoms with Crippen molar-refractivity contribution in [3.05, 3.63) is 57.1 Å². The van der Waals surface area contributed by atoms with Crippen LogP contribution in [0.5, 0.6) is 0 Å². The van der Waals surface area contributed by atoms with Gasteiger partial charge < -0.3 is 4.57 Å². The van der Waals surface area contributed by atoms with Crippen molar-refractivity contribution in [3.63, 3.8) is 0 Å². The van der Waals surface area contributed by atoms with E-state index in [1.165, 1.54) is 28.2 Å². The molecule has 0 aliphatic heterocycles. The van der Waals surface area contributed by atoms with Crippen LogP contribution in [0, 0.1) is 0 Å². The summed E-state index contributed by atoms with van der Waals surface area (Å²) in [6.07, 6.45) is 1.52. The monoisotopic (exact) mass is 333 g/mol. The van der Waals surface area contributed by atoms with Crippen LogP contribution in [0.2, 0.25) is 0 Å². The van der Waals surface area contributed by atoms with E-state index >= 15 is 0 Å². The number of hydrogen-bond donors (Lipinski definition) is 2. The number of aromatic nitrogens is 1. The van der Waals surface area contributed by atoms with Crippen LogP contribution in [-0.2, 0) is 16.1 Å². The zero-order chi connectivity index (χ0) is 16.7. The molecule has 0 aromatic carbocycles. The maximum atomic E-state index is 11.7. The maximum Gasteiger partial charge on any atom is 0.258 e. The van der Waals surface area contributed by atoms with Crippen LogP contribution in [0.1, 0.15) is 22.5 Å². The number of thiophene rings is 1. The fraction of sp³-hybridized carbons (Fsp3) is 0.200. The lowest BCUT2D eigenvalue weighted by molar-refractivity contribution is -0.129. The number of hydrogen-bond acceptors (Lipinski definition) is 5. The lowest BCUT2D eigenvalue weighted by Crippen LogP contribution is -2.44. The van der Waals surface area contributed by atoms with Gasteiger partial charge in [-0.05, 0) is 17.5 Å². The molecule has 0 radical (unpaired) electrons. The molecule has 0 atom stereocenters. The van der Waals surface area contributed by atoms with Gasteiger partial charge in [-0.3, -0.25) is 30.0 Å². The average molecular weight is 333 g/mol. The molecule has 2 amide bonds. The number of nitrogens with zero attached hydrogens (tertiary/aromatic N) is 1. The highest BCUT2D eigenvalue weighted by molar-refractivity contribution is 7.12. The lowest BCUT2D eigenvalue weighted by atomic mass is 10.2. The van der Waals surface area contributed by atoms with Crippen molar-refractivity contribution >= 4 is 28.9 Å². The largest absolute Gasteiger partial charge is 0.306 e. The molecule has 0 saturated heterocycles. The van der Waals surface area contributed by atoms with Crippen molar-refractivity contribution < 1.29 is 14.4 Å². The van der Waals surface area contributed by atoms with Crippen molar-refractivity contribution in [3.8, 4) is 0 Å². The summed E-state index contributed by atoms with van der Waals surface area (Å²) in [7, 11) is 0. The van der Waals surface area contributed by atoms with Gasteiger partial charge in [0, 0.05) is 25.1 Å². The highest BCUT2D eigenvalue weighted by atomic mass is 32.1. The summed E-state index contributed by atoms with van der Waals surface area (Å²) in [4.78, 5) is 47.0. The van der Waals surface area contributed by atoms with Crippen LogP contribution < -0.4 is 16.4 Å². The van der Waals surface area contributed by atoms with Gasteiger partial charge in [-0.1, -0.05) is 12.1 Å². The smallest absolute Gasteiger partial charge is 0.258 e. The third-order valence-corrected chi connectivity index (χ3v) is 3.84. The Morgan fingerprint density at radius 3 is 2.48 bits per heavy atom. The number of rotatable bonds is 6. The Morgan fingerprint density at radius 1 is 1.00 bits per heavy atom. The number of hydrazine groups is 1. The van der Waals surface area contributed by atoms with E-state index in [-0.39, 0.29) is 30.7 Å². The van der Waals surface area contributed by atoms with Crippen LogP contribution in [-0.4, -0.2) is 22.2 Å². The van der Waals surface area contributed by atoms with E-state index in [9.17, 15) is 19.2 Å². The van der Waals surface area contributed by atoms with Gasteiger partial charge in [0.25, 0.3) is 11.5 Å². The van der Waals surface area contributed by atoms with E-state index in [0.29, 0.717) is 4.88 Å². The number of pyridine rings is 1. The number of carbonyl (C=O) groups excluding carboxylic acids is 3. The quantitative estimate of drug-likeness (QED) is 0.601. The molecule has 23 heavy (non-hydrogen) atoms. The lowest BCUT2D eigenvalue weighted by Gasteiger charge is -2.08. The summed E-state index contributed by atoms with van der Waals surface area (Å²) in [5.41, 5.74) is 4.12. The van der Waals surface area contributed by atoms with E-state index in [4.69, 9.17) is 0 Å².